The highest BCUT2D eigenvalue weighted by Crippen LogP contribution is 2.24. The predicted octanol–water partition coefficient (Wildman–Crippen LogP) is 2.24. The average Bonchev–Trinajstić information content (AvgIpc) is 2.92. The van der Waals surface area contributed by atoms with Gasteiger partial charge in [0.15, 0.2) is 0 Å². The molecule has 1 heterocycles. The Morgan fingerprint density at radius 2 is 1.86 bits per heavy atom. The fourth-order valence-corrected chi connectivity index (χ4v) is 3.94. The summed E-state index contributed by atoms with van der Waals surface area (Å²) in [6.45, 7) is 7.00. The molecule has 1 amide bonds. The van der Waals surface area contributed by atoms with Gasteiger partial charge in [-0.15, -0.1) is 0 Å². The molecule has 2 rings (SSSR count). The van der Waals surface area contributed by atoms with Crippen LogP contribution in [0.15, 0.2) is 0 Å². The normalized spacial score (nSPS) is 24.0. The molecule has 2 aliphatic rings. The van der Waals surface area contributed by atoms with Crippen molar-refractivity contribution >= 4 is 5.91 Å². The summed E-state index contributed by atoms with van der Waals surface area (Å²) in [4.78, 5) is 17.1. The number of rotatable bonds is 6. The second kappa shape index (κ2) is 8.14. The molecule has 122 valence electrons. The minimum atomic E-state index is 0.317. The van der Waals surface area contributed by atoms with E-state index < -0.39 is 0 Å². The Balaban J connectivity index is 1.85. The molecule has 0 aromatic heterocycles. The molecular weight excluding hydrogens is 262 g/mol. The van der Waals surface area contributed by atoms with Gasteiger partial charge < -0.3 is 10.2 Å². The van der Waals surface area contributed by atoms with Crippen molar-refractivity contribution in [3.05, 3.63) is 0 Å². The molecule has 1 N–H and O–H groups in total. The van der Waals surface area contributed by atoms with Gasteiger partial charge in [-0.3, -0.25) is 9.69 Å². The maximum Gasteiger partial charge on any atom is 0.237 e. The molecule has 1 unspecified atom stereocenters. The molecule has 2 fully saturated rings. The van der Waals surface area contributed by atoms with Gasteiger partial charge in [0, 0.05) is 24.7 Å². The third-order valence-electron chi connectivity index (χ3n) is 4.91. The maximum absolute atomic E-state index is 12.7. The summed E-state index contributed by atoms with van der Waals surface area (Å²) in [5.41, 5.74) is 0. The van der Waals surface area contributed by atoms with Crippen LogP contribution in [0.3, 0.4) is 0 Å². The van der Waals surface area contributed by atoms with Crippen molar-refractivity contribution in [3.63, 3.8) is 0 Å². The third kappa shape index (κ3) is 4.96. The Bertz CT molecular complexity index is 320. The molecule has 21 heavy (non-hydrogen) atoms. The molecule has 1 aliphatic carbocycles. The molecule has 1 atom stereocenters. The van der Waals surface area contributed by atoms with Gasteiger partial charge in [-0.2, -0.15) is 0 Å². The molecule has 1 saturated carbocycles. The van der Waals surface area contributed by atoms with E-state index in [9.17, 15) is 4.79 Å². The Hall–Kier alpha value is -0.610. The summed E-state index contributed by atoms with van der Waals surface area (Å²) in [5, 5.41) is 3.51. The lowest BCUT2D eigenvalue weighted by atomic mass is 9.93. The molecule has 1 saturated heterocycles. The summed E-state index contributed by atoms with van der Waals surface area (Å²) >= 11 is 0. The second-order valence-electron chi connectivity index (χ2n) is 7.18. The maximum atomic E-state index is 12.7. The van der Waals surface area contributed by atoms with Gasteiger partial charge in [0.05, 0.1) is 6.54 Å². The summed E-state index contributed by atoms with van der Waals surface area (Å²) in [6.07, 6.45) is 8.80. The molecule has 0 spiro atoms. The van der Waals surface area contributed by atoms with Crippen molar-refractivity contribution in [2.75, 3.05) is 26.7 Å². The lowest BCUT2D eigenvalue weighted by Gasteiger charge is -2.38. The van der Waals surface area contributed by atoms with Crippen molar-refractivity contribution in [1.82, 2.24) is 15.1 Å². The van der Waals surface area contributed by atoms with E-state index in [1.807, 2.05) is 0 Å². The van der Waals surface area contributed by atoms with Crippen LogP contribution in [-0.4, -0.2) is 60.5 Å². The molecule has 0 bridgehead atoms. The summed E-state index contributed by atoms with van der Waals surface area (Å²) in [5.74, 6) is 0.317. The van der Waals surface area contributed by atoms with Gasteiger partial charge in [-0.05, 0) is 53.1 Å². The molecule has 1 aliphatic heterocycles. The second-order valence-corrected chi connectivity index (χ2v) is 7.18. The molecule has 4 nitrogen and oxygen atoms in total. The Kier molecular flexibility index (Phi) is 6.49. The molecule has 0 aromatic rings. The van der Waals surface area contributed by atoms with Crippen LogP contribution >= 0.6 is 0 Å². The highest BCUT2D eigenvalue weighted by Gasteiger charge is 2.28. The zero-order valence-corrected chi connectivity index (χ0v) is 14.1. The first-order valence-electron chi connectivity index (χ1n) is 8.81. The largest absolute Gasteiger partial charge is 0.336 e. The molecule has 0 aromatic carbocycles. The van der Waals surface area contributed by atoms with E-state index in [4.69, 9.17) is 0 Å². The van der Waals surface area contributed by atoms with Crippen molar-refractivity contribution in [2.24, 2.45) is 0 Å². The highest BCUT2D eigenvalue weighted by molar-refractivity contribution is 5.79. The summed E-state index contributed by atoms with van der Waals surface area (Å²) in [7, 11) is 2.08. The zero-order valence-electron chi connectivity index (χ0n) is 14.1. The van der Waals surface area contributed by atoms with Crippen LogP contribution in [0.2, 0.25) is 0 Å². The fraction of sp³-hybridized carbons (Fsp3) is 0.941. The minimum absolute atomic E-state index is 0.317. The fourth-order valence-electron chi connectivity index (χ4n) is 3.94. The van der Waals surface area contributed by atoms with E-state index in [-0.39, 0.29) is 0 Å². The molecular formula is C17H33N3O. The van der Waals surface area contributed by atoms with Crippen LogP contribution < -0.4 is 5.32 Å². The number of likely N-dealkylation sites (N-methyl/N-ethyl adjacent to an activating group) is 1. The van der Waals surface area contributed by atoms with E-state index in [1.165, 1.54) is 44.9 Å². The number of hydrogen-bond donors (Lipinski definition) is 1. The topological polar surface area (TPSA) is 35.6 Å². The smallest absolute Gasteiger partial charge is 0.237 e. The number of carbonyl (C=O) groups excluding carboxylic acids is 1. The van der Waals surface area contributed by atoms with E-state index in [0.29, 0.717) is 30.6 Å². The average molecular weight is 295 g/mol. The third-order valence-corrected chi connectivity index (χ3v) is 4.91. The van der Waals surface area contributed by atoms with Gasteiger partial charge in [-0.25, -0.2) is 0 Å². The van der Waals surface area contributed by atoms with Gasteiger partial charge in [0.1, 0.15) is 0 Å². The van der Waals surface area contributed by atoms with E-state index in [1.54, 1.807) is 0 Å². The number of nitrogens with one attached hydrogen (secondary N) is 1. The predicted molar refractivity (Wildman–Crippen MR) is 87.4 cm³/mol. The van der Waals surface area contributed by atoms with Crippen LogP contribution in [0.5, 0.6) is 0 Å². The lowest BCUT2D eigenvalue weighted by Crippen LogP contribution is -2.50. The van der Waals surface area contributed by atoms with Crippen LogP contribution in [0, 0.1) is 0 Å². The van der Waals surface area contributed by atoms with E-state index in [2.05, 4.69) is 36.0 Å². The van der Waals surface area contributed by atoms with Crippen LogP contribution in [-0.2, 0) is 4.79 Å². The number of nitrogens with zero attached hydrogens (tertiary/aromatic N) is 2. The van der Waals surface area contributed by atoms with Gasteiger partial charge in [0.25, 0.3) is 0 Å². The Labute approximate surface area is 130 Å². The quantitative estimate of drug-likeness (QED) is 0.816. The molecule has 0 radical (unpaired) electrons. The van der Waals surface area contributed by atoms with E-state index in [0.717, 1.165) is 13.1 Å². The first kappa shape index (κ1) is 16.8. The first-order chi connectivity index (χ1) is 10.1. The first-order valence-corrected chi connectivity index (χ1v) is 8.81. The zero-order chi connectivity index (χ0) is 15.2. The number of amides is 1. The SMILES string of the molecule is CC(C)N(C(=O)CN(C)CC1CCCN1)C1CCCCC1. The van der Waals surface area contributed by atoms with Crippen molar-refractivity contribution < 1.29 is 4.79 Å². The van der Waals surface area contributed by atoms with Crippen molar-refractivity contribution in [2.45, 2.75) is 76.9 Å². The highest BCUT2D eigenvalue weighted by atomic mass is 16.2. The van der Waals surface area contributed by atoms with Crippen molar-refractivity contribution in [3.8, 4) is 0 Å². The minimum Gasteiger partial charge on any atom is -0.336 e. The Morgan fingerprint density at radius 3 is 2.43 bits per heavy atom. The standard InChI is InChI=1S/C17H33N3O/c1-14(2)20(16-9-5-4-6-10-16)17(21)13-19(3)12-15-8-7-11-18-15/h14-16,18H,4-13H2,1-3H3. The monoisotopic (exact) mass is 295 g/mol. The van der Waals surface area contributed by atoms with Gasteiger partial charge in [0.2, 0.25) is 5.91 Å². The van der Waals surface area contributed by atoms with Gasteiger partial charge >= 0.3 is 0 Å². The lowest BCUT2D eigenvalue weighted by molar-refractivity contribution is -0.137. The van der Waals surface area contributed by atoms with Crippen LogP contribution in [0.4, 0.5) is 0 Å². The summed E-state index contributed by atoms with van der Waals surface area (Å²) in [6, 6.07) is 1.37. The Morgan fingerprint density at radius 1 is 1.14 bits per heavy atom. The summed E-state index contributed by atoms with van der Waals surface area (Å²) < 4.78 is 0. The molecule has 4 heteroatoms. The van der Waals surface area contributed by atoms with Crippen LogP contribution in [0.25, 0.3) is 0 Å². The van der Waals surface area contributed by atoms with Gasteiger partial charge in [-0.1, -0.05) is 19.3 Å². The van der Waals surface area contributed by atoms with Crippen molar-refractivity contribution in [1.29, 1.82) is 0 Å². The van der Waals surface area contributed by atoms with E-state index >= 15 is 0 Å². The number of hydrogen-bond acceptors (Lipinski definition) is 3. The number of carbonyl (C=O) groups is 1. The van der Waals surface area contributed by atoms with Crippen LogP contribution in [0.1, 0.15) is 58.8 Å².